The fourth-order valence-electron chi connectivity index (χ4n) is 3.68. The third-order valence-corrected chi connectivity index (χ3v) is 6.18. The summed E-state index contributed by atoms with van der Waals surface area (Å²) in [6.45, 7) is 3.74. The quantitative estimate of drug-likeness (QED) is 0.561. The van der Waals surface area contributed by atoms with Crippen LogP contribution in [0.15, 0.2) is 29.7 Å². The molecule has 0 saturated heterocycles. The van der Waals surface area contributed by atoms with Gasteiger partial charge in [-0.25, -0.2) is 0 Å². The second-order valence-corrected chi connectivity index (χ2v) is 8.19. The smallest absolute Gasteiger partial charge is 0.192 e. The molecule has 1 fully saturated rings. The number of nitrogens with one attached hydrogen (secondary N) is 1. The average Bonchev–Trinajstić information content (AvgIpc) is 3.11. The van der Waals surface area contributed by atoms with Gasteiger partial charge in [0.2, 0.25) is 0 Å². The van der Waals surface area contributed by atoms with Crippen molar-refractivity contribution in [1.82, 2.24) is 19.7 Å². The monoisotopic (exact) mass is 396 g/mol. The molecule has 0 spiro atoms. The molecule has 0 aromatic carbocycles. The van der Waals surface area contributed by atoms with Gasteiger partial charge in [0.15, 0.2) is 16.8 Å². The van der Waals surface area contributed by atoms with E-state index in [1.165, 1.54) is 25.1 Å². The van der Waals surface area contributed by atoms with Crippen molar-refractivity contribution in [2.45, 2.75) is 50.7 Å². The van der Waals surface area contributed by atoms with Crippen molar-refractivity contribution in [3.63, 3.8) is 0 Å². The van der Waals surface area contributed by atoms with Crippen LogP contribution in [0.25, 0.3) is 11.4 Å². The van der Waals surface area contributed by atoms with Gasteiger partial charge in [-0.05, 0) is 37.8 Å². The molecule has 3 atom stereocenters. The Morgan fingerprint density at radius 3 is 2.86 bits per heavy atom. The minimum atomic E-state index is -0.990. The minimum Gasteiger partial charge on any atom is -0.308 e. The van der Waals surface area contributed by atoms with Crippen LogP contribution in [0.3, 0.4) is 0 Å². The molecule has 0 unspecified atom stereocenters. The van der Waals surface area contributed by atoms with Crippen LogP contribution in [0.1, 0.15) is 45.6 Å². The lowest BCUT2D eigenvalue weighted by molar-refractivity contribution is -0.117. The molecule has 2 heterocycles. The molecular formula is C20H24N6OS. The first-order chi connectivity index (χ1) is 13.5. The van der Waals surface area contributed by atoms with E-state index in [4.69, 9.17) is 10.7 Å². The van der Waals surface area contributed by atoms with Gasteiger partial charge in [-0.1, -0.05) is 31.5 Å². The average molecular weight is 397 g/mol. The Hall–Kier alpha value is -2.53. The number of hydrogen-bond donors (Lipinski definition) is 1. The normalized spacial score (nSPS) is 20.3. The molecule has 1 aliphatic rings. The summed E-state index contributed by atoms with van der Waals surface area (Å²) in [6.07, 6.45) is 8.09. The zero-order valence-corrected chi connectivity index (χ0v) is 16.9. The van der Waals surface area contributed by atoms with Crippen molar-refractivity contribution >= 4 is 23.3 Å². The van der Waals surface area contributed by atoms with Gasteiger partial charge in [0.1, 0.15) is 5.92 Å². The van der Waals surface area contributed by atoms with E-state index in [2.05, 4.69) is 26.7 Å². The third kappa shape index (κ3) is 4.30. The van der Waals surface area contributed by atoms with Crippen molar-refractivity contribution in [3.8, 4) is 17.5 Å². The van der Waals surface area contributed by atoms with Crippen LogP contribution in [0.2, 0.25) is 0 Å². The number of nitriles is 1. The molecule has 8 heteroatoms. The number of hydrogen-bond acceptors (Lipinski definition) is 7. The van der Waals surface area contributed by atoms with Crippen LogP contribution >= 0.6 is 11.8 Å². The molecule has 1 saturated carbocycles. The first-order valence-electron chi connectivity index (χ1n) is 9.48. The van der Waals surface area contributed by atoms with Crippen molar-refractivity contribution in [3.05, 3.63) is 24.5 Å². The highest BCUT2D eigenvalue weighted by molar-refractivity contribution is 7.99. The Bertz CT molecular complexity index is 888. The fourth-order valence-corrected chi connectivity index (χ4v) is 4.57. The topological polar surface area (TPSA) is 108 Å². The van der Waals surface area contributed by atoms with Crippen LogP contribution < -0.4 is 0 Å². The Kier molecular flexibility index (Phi) is 6.57. The van der Waals surface area contributed by atoms with Crippen LogP contribution in [0.4, 0.5) is 0 Å². The van der Waals surface area contributed by atoms with Crippen LogP contribution in [0, 0.1) is 28.6 Å². The second-order valence-electron chi connectivity index (χ2n) is 7.25. The van der Waals surface area contributed by atoms with Gasteiger partial charge in [0.05, 0.1) is 11.8 Å². The van der Waals surface area contributed by atoms with Crippen molar-refractivity contribution in [1.29, 1.82) is 10.7 Å². The van der Waals surface area contributed by atoms with Gasteiger partial charge in [-0.15, -0.1) is 10.2 Å². The van der Waals surface area contributed by atoms with Gasteiger partial charge in [0.25, 0.3) is 0 Å². The Balaban J connectivity index is 1.91. The summed E-state index contributed by atoms with van der Waals surface area (Å²) in [7, 11) is 0. The second kappa shape index (κ2) is 9.11. The summed E-state index contributed by atoms with van der Waals surface area (Å²) >= 11 is 1.30. The third-order valence-electron chi connectivity index (χ3n) is 5.21. The zero-order chi connectivity index (χ0) is 20.1. The molecule has 7 nitrogen and oxygen atoms in total. The number of thioether (sulfide) groups is 1. The standard InChI is InChI=1S/C20H24N6OS/c1-13-6-3-4-8-17(13)26-19(15-7-5-9-23-11-15)24-25-20(26)28-12-18(27)16(10-21)14(2)22/h5,7,9,11,13,16-17,22H,3-4,6,8,12H2,1-2H3/t13-,16+,17-/m1/s1. The Labute approximate surface area is 169 Å². The summed E-state index contributed by atoms with van der Waals surface area (Å²) in [6, 6.07) is 6.02. The summed E-state index contributed by atoms with van der Waals surface area (Å²) < 4.78 is 2.15. The number of carbonyl (C=O) groups is 1. The molecule has 3 rings (SSSR count). The largest absolute Gasteiger partial charge is 0.308 e. The Morgan fingerprint density at radius 1 is 1.43 bits per heavy atom. The van der Waals surface area contributed by atoms with Crippen LogP contribution in [0.5, 0.6) is 0 Å². The van der Waals surface area contributed by atoms with Crippen LogP contribution in [-0.4, -0.2) is 37.0 Å². The molecule has 0 bridgehead atoms. The number of carbonyl (C=O) groups excluding carboxylic acids is 1. The number of aromatic nitrogens is 4. The van der Waals surface area contributed by atoms with Gasteiger partial charge < -0.3 is 5.41 Å². The highest BCUT2D eigenvalue weighted by atomic mass is 32.2. The van der Waals surface area contributed by atoms with E-state index in [1.807, 2.05) is 18.2 Å². The van der Waals surface area contributed by atoms with E-state index in [0.29, 0.717) is 11.1 Å². The van der Waals surface area contributed by atoms with E-state index in [-0.39, 0.29) is 23.3 Å². The molecule has 146 valence electrons. The molecule has 1 N–H and O–H groups in total. The molecule has 0 amide bonds. The molecule has 0 radical (unpaired) electrons. The van der Waals surface area contributed by atoms with E-state index < -0.39 is 5.92 Å². The number of ketones is 1. The molecule has 0 aliphatic heterocycles. The Morgan fingerprint density at radius 2 is 2.21 bits per heavy atom. The molecule has 2 aromatic rings. The maximum atomic E-state index is 12.4. The molecule has 1 aliphatic carbocycles. The molecule has 28 heavy (non-hydrogen) atoms. The van der Waals surface area contributed by atoms with E-state index in [1.54, 1.807) is 12.4 Å². The van der Waals surface area contributed by atoms with Crippen molar-refractivity contribution in [2.75, 3.05) is 5.75 Å². The lowest BCUT2D eigenvalue weighted by Gasteiger charge is -2.31. The maximum Gasteiger partial charge on any atom is 0.192 e. The van der Waals surface area contributed by atoms with Gasteiger partial charge in [0, 0.05) is 29.7 Å². The maximum absolute atomic E-state index is 12.4. The number of nitrogens with zero attached hydrogens (tertiary/aromatic N) is 5. The lowest BCUT2D eigenvalue weighted by Crippen LogP contribution is -2.24. The summed E-state index contributed by atoms with van der Waals surface area (Å²) in [5, 5.41) is 26.2. The predicted molar refractivity (Wildman–Crippen MR) is 108 cm³/mol. The SMILES string of the molecule is CC(=N)[C@H](C#N)C(=O)CSc1nnc(-c2cccnc2)n1[C@@H]1CCCC[C@H]1C. The lowest BCUT2D eigenvalue weighted by atomic mass is 9.85. The summed E-state index contributed by atoms with van der Waals surface area (Å²) in [5.74, 6) is 0.0954. The number of Topliss-reactive ketones (excluding diaryl/α,β-unsaturated/α-hetero) is 1. The number of pyridine rings is 1. The van der Waals surface area contributed by atoms with Crippen molar-refractivity contribution < 1.29 is 4.79 Å². The van der Waals surface area contributed by atoms with Gasteiger partial charge >= 0.3 is 0 Å². The van der Waals surface area contributed by atoms with Gasteiger partial charge in [-0.2, -0.15) is 5.26 Å². The molecule has 2 aromatic heterocycles. The van der Waals surface area contributed by atoms with Gasteiger partial charge in [-0.3, -0.25) is 14.3 Å². The highest BCUT2D eigenvalue weighted by Gasteiger charge is 2.29. The van der Waals surface area contributed by atoms with Crippen LogP contribution in [-0.2, 0) is 4.79 Å². The summed E-state index contributed by atoms with van der Waals surface area (Å²) in [4.78, 5) is 16.6. The predicted octanol–water partition coefficient (Wildman–Crippen LogP) is 3.93. The van der Waals surface area contributed by atoms with E-state index in [9.17, 15) is 4.79 Å². The summed E-state index contributed by atoms with van der Waals surface area (Å²) in [5.41, 5.74) is 0.975. The fraction of sp³-hybridized carbons (Fsp3) is 0.500. The highest BCUT2D eigenvalue weighted by Crippen LogP contribution is 2.38. The minimum absolute atomic E-state index is 0.0755. The molecular weight excluding hydrogens is 372 g/mol. The number of rotatable bonds is 7. The first kappa shape index (κ1) is 20.2. The van der Waals surface area contributed by atoms with E-state index >= 15 is 0 Å². The van der Waals surface area contributed by atoms with Crippen molar-refractivity contribution in [2.24, 2.45) is 11.8 Å². The van der Waals surface area contributed by atoms with E-state index in [0.717, 1.165) is 30.7 Å². The zero-order valence-electron chi connectivity index (χ0n) is 16.1. The first-order valence-corrected chi connectivity index (χ1v) is 10.5.